The second-order valence-corrected chi connectivity index (χ2v) is 9.99. The van der Waals surface area contributed by atoms with Gasteiger partial charge in [-0.2, -0.15) is 4.98 Å². The van der Waals surface area contributed by atoms with E-state index in [4.69, 9.17) is 10.5 Å². The molecule has 1 heterocycles. The van der Waals surface area contributed by atoms with Gasteiger partial charge in [-0.25, -0.2) is 9.78 Å². The molecule has 10 heteroatoms. The van der Waals surface area contributed by atoms with Crippen molar-refractivity contribution in [3.05, 3.63) is 39.6 Å². The van der Waals surface area contributed by atoms with E-state index < -0.39 is 17.6 Å². The fourth-order valence-corrected chi connectivity index (χ4v) is 4.07. The highest BCUT2D eigenvalue weighted by Crippen LogP contribution is 2.25. The molecule has 9 nitrogen and oxygen atoms in total. The van der Waals surface area contributed by atoms with Crippen LogP contribution in [0, 0.1) is 3.57 Å². The number of nitrogens with zero attached hydrogens (tertiary/aromatic N) is 2. The fraction of sp³-hybridized carbons (Fsp3) is 0.455. The fourth-order valence-electron chi connectivity index (χ4n) is 3.53. The van der Waals surface area contributed by atoms with Crippen LogP contribution in [-0.2, 0) is 4.74 Å². The first-order valence-electron chi connectivity index (χ1n) is 10.6. The number of nitrogens with one attached hydrogen (secondary N) is 3. The van der Waals surface area contributed by atoms with Crippen LogP contribution in [0.5, 0.6) is 0 Å². The van der Waals surface area contributed by atoms with Gasteiger partial charge in [-0.15, -0.1) is 0 Å². The molecule has 0 unspecified atom stereocenters. The zero-order valence-corrected chi connectivity index (χ0v) is 20.6. The summed E-state index contributed by atoms with van der Waals surface area (Å²) in [4.78, 5) is 32.9. The lowest BCUT2D eigenvalue weighted by molar-refractivity contribution is 0.0488. The van der Waals surface area contributed by atoms with Gasteiger partial charge in [0.1, 0.15) is 17.0 Å². The lowest BCUT2D eigenvalue weighted by atomic mass is 9.90. The molecule has 2 amide bonds. The SMILES string of the molecule is CC(C)(C)OC(=O)N[C@@H]1CCCC[C@@H]1Nc1ncc(C(N)=O)c(Nc2cccc(I)c2)n1. The van der Waals surface area contributed by atoms with Crippen LogP contribution in [0.25, 0.3) is 0 Å². The molecule has 2 aromatic rings. The van der Waals surface area contributed by atoms with E-state index in [-0.39, 0.29) is 17.6 Å². The molecular weight excluding hydrogens is 523 g/mol. The second kappa shape index (κ2) is 10.3. The minimum Gasteiger partial charge on any atom is -0.444 e. The average Bonchev–Trinajstić information content (AvgIpc) is 2.68. The molecule has 1 aromatic carbocycles. The number of hydrogen-bond acceptors (Lipinski definition) is 7. The largest absolute Gasteiger partial charge is 0.444 e. The summed E-state index contributed by atoms with van der Waals surface area (Å²) in [6.45, 7) is 5.50. The summed E-state index contributed by atoms with van der Waals surface area (Å²) in [6, 6.07) is 7.50. The summed E-state index contributed by atoms with van der Waals surface area (Å²) in [5.74, 6) is 0.0577. The van der Waals surface area contributed by atoms with Crippen LogP contribution in [0.1, 0.15) is 56.8 Å². The van der Waals surface area contributed by atoms with Crippen molar-refractivity contribution in [1.29, 1.82) is 0 Å². The molecule has 0 aliphatic heterocycles. The Balaban J connectivity index is 1.77. The molecule has 2 atom stereocenters. The number of primary amides is 1. The quantitative estimate of drug-likeness (QED) is 0.396. The molecule has 1 aromatic heterocycles. The topological polar surface area (TPSA) is 131 Å². The van der Waals surface area contributed by atoms with Crippen molar-refractivity contribution in [2.75, 3.05) is 10.6 Å². The molecule has 32 heavy (non-hydrogen) atoms. The van der Waals surface area contributed by atoms with Crippen LogP contribution >= 0.6 is 22.6 Å². The van der Waals surface area contributed by atoms with Crippen molar-refractivity contribution in [2.45, 2.75) is 64.1 Å². The average molecular weight is 552 g/mol. The number of anilines is 3. The number of ether oxygens (including phenoxy) is 1. The minimum absolute atomic E-state index is 0.0683. The van der Waals surface area contributed by atoms with Crippen molar-refractivity contribution in [1.82, 2.24) is 15.3 Å². The van der Waals surface area contributed by atoms with Crippen LogP contribution in [0.15, 0.2) is 30.5 Å². The first-order chi connectivity index (χ1) is 15.1. The van der Waals surface area contributed by atoms with Crippen LogP contribution in [-0.4, -0.2) is 39.7 Å². The standard InChI is InChI=1S/C22H29IN6O3/c1-22(2,3)32-21(31)28-17-10-5-4-9-16(17)27-20-25-12-15(18(24)30)19(29-20)26-14-8-6-7-13(23)11-14/h6-8,11-12,16-17H,4-5,9-10H2,1-3H3,(H2,24,30)(H,28,31)(H2,25,26,27,29)/t16-,17+/m0/s1. The van der Waals surface area contributed by atoms with Crippen molar-refractivity contribution in [3.63, 3.8) is 0 Å². The molecule has 0 spiro atoms. The van der Waals surface area contributed by atoms with E-state index >= 15 is 0 Å². The van der Waals surface area contributed by atoms with E-state index in [1.807, 2.05) is 45.0 Å². The Morgan fingerprint density at radius 1 is 1.19 bits per heavy atom. The molecule has 5 N–H and O–H groups in total. The molecule has 0 bridgehead atoms. The van der Waals surface area contributed by atoms with Gasteiger partial charge in [0, 0.05) is 21.5 Å². The number of halogens is 1. The van der Waals surface area contributed by atoms with Gasteiger partial charge in [0.15, 0.2) is 0 Å². The van der Waals surface area contributed by atoms with Crippen molar-refractivity contribution in [2.24, 2.45) is 5.73 Å². The number of carbonyl (C=O) groups excluding carboxylic acids is 2. The molecule has 3 rings (SSSR count). The predicted octanol–water partition coefficient (Wildman–Crippen LogP) is 4.17. The highest BCUT2D eigenvalue weighted by atomic mass is 127. The highest BCUT2D eigenvalue weighted by molar-refractivity contribution is 14.1. The Morgan fingerprint density at radius 3 is 2.56 bits per heavy atom. The number of hydrogen-bond donors (Lipinski definition) is 4. The summed E-state index contributed by atoms with van der Waals surface area (Å²) in [6.07, 6.45) is 4.68. The number of aromatic nitrogens is 2. The van der Waals surface area contributed by atoms with Gasteiger partial charge in [0.2, 0.25) is 5.95 Å². The molecule has 1 saturated carbocycles. The third kappa shape index (κ3) is 6.94. The Hall–Kier alpha value is -2.63. The number of amides is 2. The number of rotatable bonds is 6. The summed E-state index contributed by atoms with van der Waals surface area (Å²) < 4.78 is 6.45. The van der Waals surface area contributed by atoms with E-state index in [0.717, 1.165) is 34.9 Å². The van der Waals surface area contributed by atoms with Gasteiger partial charge >= 0.3 is 6.09 Å². The number of benzene rings is 1. The molecule has 0 saturated heterocycles. The lowest BCUT2D eigenvalue weighted by Crippen LogP contribution is -2.50. The first kappa shape index (κ1) is 24.0. The van der Waals surface area contributed by atoms with Crippen LogP contribution < -0.4 is 21.7 Å². The zero-order chi connectivity index (χ0) is 23.3. The maximum atomic E-state index is 12.3. The maximum Gasteiger partial charge on any atom is 0.407 e. The van der Waals surface area contributed by atoms with Gasteiger partial charge < -0.3 is 26.4 Å². The predicted molar refractivity (Wildman–Crippen MR) is 132 cm³/mol. The third-order valence-electron chi connectivity index (χ3n) is 4.92. The Kier molecular flexibility index (Phi) is 7.75. The molecule has 0 radical (unpaired) electrons. The summed E-state index contributed by atoms with van der Waals surface area (Å²) in [5, 5.41) is 9.44. The zero-order valence-electron chi connectivity index (χ0n) is 18.4. The lowest BCUT2D eigenvalue weighted by Gasteiger charge is -2.33. The molecule has 1 fully saturated rings. The second-order valence-electron chi connectivity index (χ2n) is 8.74. The Bertz CT molecular complexity index is 978. The molecule has 1 aliphatic rings. The van der Waals surface area contributed by atoms with Gasteiger partial charge in [0.25, 0.3) is 5.91 Å². The van der Waals surface area contributed by atoms with E-state index in [1.165, 1.54) is 6.20 Å². The van der Waals surface area contributed by atoms with Crippen LogP contribution in [0.3, 0.4) is 0 Å². The Labute approximate surface area is 201 Å². The van der Waals surface area contributed by atoms with Gasteiger partial charge in [0.05, 0.1) is 6.04 Å². The van der Waals surface area contributed by atoms with Gasteiger partial charge in [-0.05, 0) is 74.4 Å². The van der Waals surface area contributed by atoms with E-state index in [1.54, 1.807) is 0 Å². The normalized spacial score (nSPS) is 18.5. The van der Waals surface area contributed by atoms with Gasteiger partial charge in [-0.1, -0.05) is 18.9 Å². The van der Waals surface area contributed by atoms with Crippen molar-refractivity contribution in [3.8, 4) is 0 Å². The minimum atomic E-state index is -0.619. The summed E-state index contributed by atoms with van der Waals surface area (Å²) in [7, 11) is 0. The first-order valence-corrected chi connectivity index (χ1v) is 11.6. The smallest absolute Gasteiger partial charge is 0.407 e. The summed E-state index contributed by atoms with van der Waals surface area (Å²) >= 11 is 2.21. The maximum absolute atomic E-state index is 12.3. The highest BCUT2D eigenvalue weighted by Gasteiger charge is 2.29. The van der Waals surface area contributed by atoms with Crippen molar-refractivity contribution >= 4 is 52.0 Å². The molecule has 172 valence electrons. The van der Waals surface area contributed by atoms with Gasteiger partial charge in [-0.3, -0.25) is 4.79 Å². The van der Waals surface area contributed by atoms with Crippen molar-refractivity contribution < 1.29 is 14.3 Å². The number of nitrogens with two attached hydrogens (primary N) is 1. The number of alkyl carbamates (subject to hydrolysis) is 1. The Morgan fingerprint density at radius 2 is 1.91 bits per heavy atom. The van der Waals surface area contributed by atoms with Crippen LogP contribution in [0.4, 0.5) is 22.2 Å². The van der Waals surface area contributed by atoms with Crippen LogP contribution in [0.2, 0.25) is 0 Å². The number of carbonyl (C=O) groups is 2. The monoisotopic (exact) mass is 552 g/mol. The summed E-state index contributed by atoms with van der Waals surface area (Å²) in [5.41, 5.74) is 5.93. The van der Waals surface area contributed by atoms with E-state index in [9.17, 15) is 9.59 Å². The molecular formula is C22H29IN6O3. The third-order valence-corrected chi connectivity index (χ3v) is 5.60. The van der Waals surface area contributed by atoms with E-state index in [0.29, 0.717) is 11.8 Å². The molecule has 1 aliphatic carbocycles. The van der Waals surface area contributed by atoms with E-state index in [2.05, 4.69) is 48.5 Å².